The molecule has 0 unspecified atom stereocenters. The van der Waals surface area contributed by atoms with Gasteiger partial charge in [0.25, 0.3) is 17.9 Å². The lowest BCUT2D eigenvalue weighted by Gasteiger charge is -2.33. The van der Waals surface area contributed by atoms with E-state index in [1.807, 2.05) is 0 Å². The van der Waals surface area contributed by atoms with Crippen LogP contribution in [0.5, 0.6) is 0 Å². The van der Waals surface area contributed by atoms with Crippen LogP contribution in [0.2, 0.25) is 5.02 Å². The van der Waals surface area contributed by atoms with Gasteiger partial charge in [-0.15, -0.1) is 0 Å². The molecule has 186 valence electrons. The van der Waals surface area contributed by atoms with Gasteiger partial charge in [-0.05, 0) is 5.56 Å². The highest BCUT2D eigenvalue weighted by molar-refractivity contribution is 6.33. The number of piperidine rings is 1. The summed E-state index contributed by atoms with van der Waals surface area (Å²) in [6.45, 7) is 2.25. The number of hydrogen-bond donors (Lipinski definition) is 2. The van der Waals surface area contributed by atoms with E-state index in [1.54, 1.807) is 28.0 Å². The van der Waals surface area contributed by atoms with Crippen LogP contribution in [-0.4, -0.2) is 66.1 Å². The highest BCUT2D eigenvalue weighted by Gasteiger charge is 2.29. The fraction of sp³-hybridized carbons (Fsp3) is 0.391. The highest BCUT2D eigenvalue weighted by atomic mass is 35.5. The van der Waals surface area contributed by atoms with Crippen LogP contribution in [0.15, 0.2) is 51.5 Å². The minimum Gasteiger partial charge on any atom is -0.394 e. The van der Waals surface area contributed by atoms with Crippen LogP contribution in [0.4, 0.5) is 14.5 Å². The average Bonchev–Trinajstić information content (AvgIpc) is 2.88. The van der Waals surface area contributed by atoms with E-state index in [-0.39, 0.29) is 35.3 Å². The Bertz CT molecular complexity index is 1210. The van der Waals surface area contributed by atoms with Gasteiger partial charge in [0.15, 0.2) is 0 Å². The van der Waals surface area contributed by atoms with Crippen molar-refractivity contribution in [3.05, 3.63) is 68.2 Å². The number of halogens is 3. The normalized spacial score (nSPS) is 19.4. The molecule has 35 heavy (non-hydrogen) atoms. The second kappa shape index (κ2) is 11.0. The highest BCUT2D eigenvalue weighted by Crippen LogP contribution is 2.28. The van der Waals surface area contributed by atoms with Gasteiger partial charge in [0.1, 0.15) is 10.7 Å². The van der Waals surface area contributed by atoms with E-state index in [2.05, 4.69) is 15.2 Å². The van der Waals surface area contributed by atoms with E-state index in [0.29, 0.717) is 61.8 Å². The van der Waals surface area contributed by atoms with Gasteiger partial charge in [0, 0.05) is 49.4 Å². The summed E-state index contributed by atoms with van der Waals surface area (Å²) >= 11 is 6.20. The molecule has 9 nitrogen and oxygen atoms in total. The molecule has 1 aromatic heterocycles. The summed E-state index contributed by atoms with van der Waals surface area (Å²) in [7, 11) is 0. The number of carbonyl (C=O) groups is 1. The van der Waals surface area contributed by atoms with E-state index < -0.39 is 12.0 Å². The van der Waals surface area contributed by atoms with Crippen LogP contribution >= 0.6 is 11.6 Å². The number of carbonyl (C=O) groups excluding carboxylic acids is 1. The third-order valence-corrected chi connectivity index (χ3v) is 6.38. The number of nitrogens with zero attached hydrogens (tertiary/aromatic N) is 4. The number of rotatable bonds is 5. The summed E-state index contributed by atoms with van der Waals surface area (Å²) in [5.74, 6) is -0.346. The number of amides is 1. The fourth-order valence-corrected chi connectivity index (χ4v) is 4.32. The first-order valence-electron chi connectivity index (χ1n) is 11.1. The van der Waals surface area contributed by atoms with Crippen LogP contribution in [-0.2, 0) is 16.1 Å². The number of aliphatic imine (C=N–C) groups is 1. The molecule has 1 aromatic carbocycles. The molecule has 0 spiro atoms. The molecular formula is C23H25ClF2N6O3. The Morgan fingerprint density at radius 1 is 1.26 bits per heavy atom. The first-order chi connectivity index (χ1) is 16.9. The number of aromatic amines is 1. The predicted molar refractivity (Wildman–Crippen MR) is 128 cm³/mol. The van der Waals surface area contributed by atoms with Gasteiger partial charge in [-0.3, -0.25) is 14.6 Å². The van der Waals surface area contributed by atoms with Gasteiger partial charge in [0.2, 0.25) is 0 Å². The molecule has 3 heterocycles. The van der Waals surface area contributed by atoms with Crippen molar-refractivity contribution in [1.29, 1.82) is 0 Å². The molecule has 2 aliphatic rings. The molecule has 2 fully saturated rings. The fourth-order valence-electron chi connectivity index (χ4n) is 4.11. The van der Waals surface area contributed by atoms with Crippen LogP contribution in [0.3, 0.4) is 0 Å². The van der Waals surface area contributed by atoms with Crippen molar-refractivity contribution in [2.24, 2.45) is 10.7 Å². The van der Waals surface area contributed by atoms with Crippen molar-refractivity contribution < 1.29 is 18.3 Å². The number of hydrogen-bond acceptors (Lipinski definition) is 7. The second-order valence-corrected chi connectivity index (χ2v) is 8.51. The molecular weight excluding hydrogens is 482 g/mol. The Labute approximate surface area is 205 Å². The Balaban J connectivity index is 1.68. The molecule has 0 bridgehead atoms. The van der Waals surface area contributed by atoms with Gasteiger partial charge in [-0.1, -0.05) is 35.9 Å². The molecule has 0 atom stereocenters. The minimum absolute atomic E-state index is 0.0195. The summed E-state index contributed by atoms with van der Waals surface area (Å²) in [5, 5.41) is 6.07. The zero-order chi connectivity index (χ0) is 24.9. The number of aromatic nitrogens is 2. The zero-order valence-electron chi connectivity index (χ0n) is 18.8. The third-order valence-electron chi connectivity index (χ3n) is 6.02. The molecule has 2 saturated heterocycles. The van der Waals surface area contributed by atoms with E-state index in [4.69, 9.17) is 22.1 Å². The topological polar surface area (TPSA) is 117 Å². The standard InChI is InChI=1S/C23H25ClF2N6O3/c24-19-18(12-29-30-22(19)33)32-6-5-17(28-11-14-3-1-2-4-15(14)21(25)26)16(13-32)20(27)23(34)31-7-9-35-10-8-31/h1-4,12,21H,5-11,13,27H2,(H,30,33). The SMILES string of the molecule is NC(C(=O)N1CCOCC1)=C1CN(c2cn[nH]c(=O)c2Cl)CCC1=NCc1ccccc1C(F)F. The lowest BCUT2D eigenvalue weighted by Crippen LogP contribution is -2.45. The monoisotopic (exact) mass is 506 g/mol. The van der Waals surface area contributed by atoms with Crippen molar-refractivity contribution in [2.75, 3.05) is 44.3 Å². The number of morpholine rings is 1. The number of benzene rings is 1. The first-order valence-corrected chi connectivity index (χ1v) is 11.5. The van der Waals surface area contributed by atoms with E-state index >= 15 is 0 Å². The Morgan fingerprint density at radius 2 is 2.00 bits per heavy atom. The number of ether oxygens (including phenoxy) is 1. The summed E-state index contributed by atoms with van der Waals surface area (Å²) < 4.78 is 32.2. The number of nitrogens with one attached hydrogen (secondary N) is 1. The number of nitrogens with two attached hydrogens (primary N) is 1. The molecule has 4 rings (SSSR count). The van der Waals surface area contributed by atoms with Gasteiger partial charge < -0.3 is 20.3 Å². The summed E-state index contributed by atoms with van der Waals surface area (Å²) in [6, 6.07) is 6.21. The van der Waals surface area contributed by atoms with Gasteiger partial charge in [-0.25, -0.2) is 13.9 Å². The molecule has 0 radical (unpaired) electrons. The molecule has 2 aliphatic heterocycles. The smallest absolute Gasteiger partial charge is 0.285 e. The molecule has 1 amide bonds. The Kier molecular flexibility index (Phi) is 7.76. The van der Waals surface area contributed by atoms with E-state index in [0.717, 1.165) is 0 Å². The molecule has 0 saturated carbocycles. The van der Waals surface area contributed by atoms with Crippen LogP contribution < -0.4 is 16.2 Å². The van der Waals surface area contributed by atoms with Crippen molar-refractivity contribution in [1.82, 2.24) is 15.1 Å². The van der Waals surface area contributed by atoms with Gasteiger partial charge in [-0.2, -0.15) is 5.10 Å². The summed E-state index contributed by atoms with van der Waals surface area (Å²) in [4.78, 5) is 33.1. The maximum Gasteiger partial charge on any atom is 0.285 e. The molecule has 12 heteroatoms. The first kappa shape index (κ1) is 24.8. The van der Waals surface area contributed by atoms with Crippen molar-refractivity contribution in [3.8, 4) is 0 Å². The molecule has 2 aromatic rings. The largest absolute Gasteiger partial charge is 0.394 e. The van der Waals surface area contributed by atoms with Crippen molar-refractivity contribution >= 4 is 28.9 Å². The van der Waals surface area contributed by atoms with Crippen LogP contribution in [0.1, 0.15) is 24.0 Å². The number of alkyl halides is 2. The predicted octanol–water partition coefficient (Wildman–Crippen LogP) is 2.28. The van der Waals surface area contributed by atoms with E-state index in [1.165, 1.54) is 12.3 Å². The lowest BCUT2D eigenvalue weighted by molar-refractivity contribution is -0.131. The zero-order valence-corrected chi connectivity index (χ0v) is 19.6. The van der Waals surface area contributed by atoms with Gasteiger partial charge >= 0.3 is 0 Å². The molecule has 0 aliphatic carbocycles. The summed E-state index contributed by atoms with van der Waals surface area (Å²) in [6.07, 6.45) is -0.823. The molecule has 3 N–H and O–H groups in total. The maximum absolute atomic E-state index is 13.4. The summed E-state index contributed by atoms with van der Waals surface area (Å²) in [5.41, 5.74) is 7.60. The Morgan fingerprint density at radius 3 is 2.74 bits per heavy atom. The minimum atomic E-state index is -2.62. The van der Waals surface area contributed by atoms with Crippen LogP contribution in [0, 0.1) is 0 Å². The van der Waals surface area contributed by atoms with Crippen molar-refractivity contribution in [2.45, 2.75) is 19.4 Å². The Hall–Kier alpha value is -3.31. The third kappa shape index (κ3) is 5.51. The quantitative estimate of drug-likeness (QED) is 0.601. The maximum atomic E-state index is 13.4. The average molecular weight is 507 g/mol. The van der Waals surface area contributed by atoms with Crippen molar-refractivity contribution in [3.63, 3.8) is 0 Å². The lowest BCUT2D eigenvalue weighted by atomic mass is 9.98. The van der Waals surface area contributed by atoms with E-state index in [9.17, 15) is 18.4 Å². The van der Waals surface area contributed by atoms with Gasteiger partial charge in [0.05, 0.1) is 31.6 Å². The number of anilines is 1. The number of H-pyrrole nitrogens is 1. The second-order valence-electron chi connectivity index (χ2n) is 8.13. The van der Waals surface area contributed by atoms with Crippen LogP contribution in [0.25, 0.3) is 0 Å².